The Hall–Kier alpha value is -1.55. The lowest BCUT2D eigenvalue weighted by atomic mass is 10.3. The fraction of sp³-hybridized carbons (Fsp3) is 0.0769. The van der Waals surface area contributed by atoms with Gasteiger partial charge in [-0.3, -0.25) is 0 Å². The summed E-state index contributed by atoms with van der Waals surface area (Å²) in [6.07, 6.45) is 0. The summed E-state index contributed by atoms with van der Waals surface area (Å²) < 4.78 is 24.4. The predicted octanol–water partition coefficient (Wildman–Crippen LogP) is 4.39. The average molecular weight is 297 g/mol. The molecule has 2 aromatic rings. The van der Waals surface area contributed by atoms with Crippen molar-refractivity contribution in [3.8, 4) is 17.2 Å². The van der Waals surface area contributed by atoms with Crippen molar-refractivity contribution in [3.05, 3.63) is 52.8 Å². The maximum absolute atomic E-state index is 12.7. The van der Waals surface area contributed by atoms with Gasteiger partial charge < -0.3 is 9.47 Å². The quantitative estimate of drug-likeness (QED) is 0.836. The first-order valence-corrected chi connectivity index (χ1v) is 5.75. The SMILES string of the molecule is COc1cc(Br)ccc1Oc1ccc(F)cc1. The number of hydrogen-bond donors (Lipinski definition) is 0. The van der Waals surface area contributed by atoms with E-state index >= 15 is 0 Å². The standard InChI is InChI=1S/C13H10BrFO2/c1-16-13-8-9(14)2-7-12(13)17-11-5-3-10(15)4-6-11/h2-8H,1H3. The Bertz CT molecular complexity index is 511. The van der Waals surface area contributed by atoms with Gasteiger partial charge in [0.25, 0.3) is 0 Å². The monoisotopic (exact) mass is 296 g/mol. The number of benzene rings is 2. The second-order valence-corrected chi connectivity index (χ2v) is 4.27. The van der Waals surface area contributed by atoms with E-state index in [9.17, 15) is 4.39 Å². The number of methoxy groups -OCH3 is 1. The molecule has 17 heavy (non-hydrogen) atoms. The van der Waals surface area contributed by atoms with Gasteiger partial charge in [-0.05, 0) is 42.5 Å². The number of halogens is 2. The molecule has 0 atom stereocenters. The van der Waals surface area contributed by atoms with E-state index in [1.165, 1.54) is 12.1 Å². The largest absolute Gasteiger partial charge is 0.493 e. The lowest BCUT2D eigenvalue weighted by molar-refractivity contribution is 0.378. The molecule has 0 amide bonds. The van der Waals surface area contributed by atoms with E-state index in [1.54, 1.807) is 31.4 Å². The lowest BCUT2D eigenvalue weighted by Crippen LogP contribution is -1.90. The Morgan fingerprint density at radius 3 is 2.35 bits per heavy atom. The van der Waals surface area contributed by atoms with Gasteiger partial charge in [-0.1, -0.05) is 15.9 Å². The molecule has 0 aromatic heterocycles. The van der Waals surface area contributed by atoms with Crippen LogP contribution in [0.4, 0.5) is 4.39 Å². The smallest absolute Gasteiger partial charge is 0.169 e. The van der Waals surface area contributed by atoms with Crippen LogP contribution in [0, 0.1) is 5.82 Å². The molecule has 0 aliphatic rings. The van der Waals surface area contributed by atoms with Crippen molar-refractivity contribution in [2.45, 2.75) is 0 Å². The highest BCUT2D eigenvalue weighted by Crippen LogP contribution is 2.33. The van der Waals surface area contributed by atoms with Crippen molar-refractivity contribution in [2.75, 3.05) is 7.11 Å². The van der Waals surface area contributed by atoms with Crippen molar-refractivity contribution in [1.82, 2.24) is 0 Å². The molecular formula is C13H10BrFO2. The second kappa shape index (κ2) is 5.19. The predicted molar refractivity (Wildman–Crippen MR) is 67.2 cm³/mol. The van der Waals surface area contributed by atoms with Crippen LogP contribution in [0.25, 0.3) is 0 Å². The Balaban J connectivity index is 2.26. The van der Waals surface area contributed by atoms with Crippen molar-refractivity contribution in [2.24, 2.45) is 0 Å². The van der Waals surface area contributed by atoms with Gasteiger partial charge >= 0.3 is 0 Å². The summed E-state index contributed by atoms with van der Waals surface area (Å²) >= 11 is 3.35. The molecule has 2 nitrogen and oxygen atoms in total. The van der Waals surface area contributed by atoms with Crippen LogP contribution < -0.4 is 9.47 Å². The Labute approximate surface area is 107 Å². The van der Waals surface area contributed by atoms with E-state index in [4.69, 9.17) is 9.47 Å². The molecule has 0 saturated heterocycles. The summed E-state index contributed by atoms with van der Waals surface area (Å²) in [7, 11) is 1.57. The highest BCUT2D eigenvalue weighted by Gasteiger charge is 2.06. The Kier molecular flexibility index (Phi) is 3.64. The first-order chi connectivity index (χ1) is 8.19. The molecule has 0 N–H and O–H groups in total. The van der Waals surface area contributed by atoms with Crippen LogP contribution in [0.5, 0.6) is 17.2 Å². The number of rotatable bonds is 3. The van der Waals surface area contributed by atoms with Crippen molar-refractivity contribution >= 4 is 15.9 Å². The summed E-state index contributed by atoms with van der Waals surface area (Å²) in [6, 6.07) is 11.3. The fourth-order valence-corrected chi connectivity index (χ4v) is 1.70. The molecule has 0 saturated carbocycles. The minimum absolute atomic E-state index is 0.292. The van der Waals surface area contributed by atoms with Gasteiger partial charge in [-0.15, -0.1) is 0 Å². The van der Waals surface area contributed by atoms with Crippen LogP contribution in [0.3, 0.4) is 0 Å². The third-order valence-corrected chi connectivity index (χ3v) is 2.66. The summed E-state index contributed by atoms with van der Waals surface area (Å²) in [5.41, 5.74) is 0. The number of hydrogen-bond acceptors (Lipinski definition) is 2. The molecule has 0 unspecified atom stereocenters. The fourth-order valence-electron chi connectivity index (χ4n) is 1.36. The zero-order chi connectivity index (χ0) is 12.3. The van der Waals surface area contributed by atoms with Gasteiger partial charge in [0.1, 0.15) is 11.6 Å². The van der Waals surface area contributed by atoms with E-state index in [0.717, 1.165) is 4.47 Å². The van der Waals surface area contributed by atoms with Gasteiger partial charge in [-0.25, -0.2) is 4.39 Å². The highest BCUT2D eigenvalue weighted by molar-refractivity contribution is 9.10. The zero-order valence-corrected chi connectivity index (χ0v) is 10.7. The van der Waals surface area contributed by atoms with Crippen molar-refractivity contribution in [1.29, 1.82) is 0 Å². The topological polar surface area (TPSA) is 18.5 Å². The van der Waals surface area contributed by atoms with Gasteiger partial charge in [-0.2, -0.15) is 0 Å². The van der Waals surface area contributed by atoms with E-state index in [2.05, 4.69) is 15.9 Å². The molecule has 0 aliphatic carbocycles. The van der Waals surface area contributed by atoms with Crippen LogP contribution in [-0.4, -0.2) is 7.11 Å². The molecule has 0 bridgehead atoms. The normalized spacial score (nSPS) is 10.1. The van der Waals surface area contributed by atoms with E-state index in [-0.39, 0.29) is 5.82 Å². The number of ether oxygens (including phenoxy) is 2. The Morgan fingerprint density at radius 1 is 1.00 bits per heavy atom. The lowest BCUT2D eigenvalue weighted by Gasteiger charge is -2.10. The molecule has 4 heteroatoms. The van der Waals surface area contributed by atoms with Crippen LogP contribution in [0.2, 0.25) is 0 Å². The molecule has 88 valence electrons. The molecule has 0 heterocycles. The van der Waals surface area contributed by atoms with Crippen LogP contribution >= 0.6 is 15.9 Å². The minimum Gasteiger partial charge on any atom is -0.493 e. The average Bonchev–Trinajstić information content (AvgIpc) is 2.34. The van der Waals surface area contributed by atoms with Gasteiger partial charge in [0, 0.05) is 4.47 Å². The first-order valence-electron chi connectivity index (χ1n) is 4.96. The summed E-state index contributed by atoms with van der Waals surface area (Å²) in [5.74, 6) is 1.47. The van der Waals surface area contributed by atoms with Crippen LogP contribution in [-0.2, 0) is 0 Å². The second-order valence-electron chi connectivity index (χ2n) is 3.35. The van der Waals surface area contributed by atoms with E-state index < -0.39 is 0 Å². The summed E-state index contributed by atoms with van der Waals surface area (Å²) in [4.78, 5) is 0. The van der Waals surface area contributed by atoms with E-state index in [0.29, 0.717) is 17.2 Å². The van der Waals surface area contributed by atoms with Gasteiger partial charge in [0.05, 0.1) is 7.11 Å². The highest BCUT2D eigenvalue weighted by atomic mass is 79.9. The zero-order valence-electron chi connectivity index (χ0n) is 9.11. The summed E-state index contributed by atoms with van der Waals surface area (Å²) in [6.45, 7) is 0. The molecular weight excluding hydrogens is 287 g/mol. The molecule has 0 aliphatic heterocycles. The van der Waals surface area contributed by atoms with Crippen LogP contribution in [0.1, 0.15) is 0 Å². The van der Waals surface area contributed by atoms with E-state index in [1.807, 2.05) is 6.07 Å². The third-order valence-electron chi connectivity index (χ3n) is 2.17. The summed E-state index contributed by atoms with van der Waals surface area (Å²) in [5, 5.41) is 0. The first kappa shape index (κ1) is 11.9. The molecule has 0 fully saturated rings. The minimum atomic E-state index is -0.292. The van der Waals surface area contributed by atoms with Crippen LogP contribution in [0.15, 0.2) is 46.9 Å². The van der Waals surface area contributed by atoms with Gasteiger partial charge in [0.15, 0.2) is 11.5 Å². The maximum Gasteiger partial charge on any atom is 0.169 e. The van der Waals surface area contributed by atoms with Crippen molar-refractivity contribution < 1.29 is 13.9 Å². The molecule has 0 radical (unpaired) electrons. The van der Waals surface area contributed by atoms with Gasteiger partial charge in [0.2, 0.25) is 0 Å². The van der Waals surface area contributed by atoms with Crippen molar-refractivity contribution in [3.63, 3.8) is 0 Å². The molecule has 0 spiro atoms. The Morgan fingerprint density at radius 2 is 1.71 bits per heavy atom. The molecule has 2 aromatic carbocycles. The third kappa shape index (κ3) is 2.97. The molecule has 2 rings (SSSR count). The maximum atomic E-state index is 12.7.